The van der Waals surface area contributed by atoms with E-state index in [0.29, 0.717) is 5.95 Å². The second-order valence-electron chi connectivity index (χ2n) is 6.44. The molecule has 1 aromatic heterocycles. The third kappa shape index (κ3) is 4.85. The number of hydrogen-bond acceptors (Lipinski definition) is 5. The van der Waals surface area contributed by atoms with Gasteiger partial charge in [-0.1, -0.05) is 38.1 Å². The molecule has 6 heteroatoms. The summed E-state index contributed by atoms with van der Waals surface area (Å²) in [5, 5.41) is 9.41. The highest BCUT2D eigenvalue weighted by Crippen LogP contribution is 2.26. The van der Waals surface area contributed by atoms with E-state index in [2.05, 4.69) is 58.0 Å². The Balaban J connectivity index is 1.81. The molecule has 0 unspecified atom stereocenters. The number of anilines is 5. The number of rotatable bonds is 7. The number of amides is 1. The lowest BCUT2D eigenvalue weighted by atomic mass is 10.0. The molecule has 0 aliphatic rings. The van der Waals surface area contributed by atoms with Crippen molar-refractivity contribution in [2.75, 3.05) is 16.0 Å². The molecular weight excluding hydrogens is 350 g/mol. The predicted molar refractivity (Wildman–Crippen MR) is 115 cm³/mol. The number of aromatic nitrogens is 2. The topological polar surface area (TPSA) is 78.9 Å². The molecule has 2 aromatic carbocycles. The van der Waals surface area contributed by atoms with Crippen molar-refractivity contribution in [2.45, 2.75) is 33.6 Å². The molecule has 28 heavy (non-hydrogen) atoms. The van der Waals surface area contributed by atoms with E-state index in [4.69, 9.17) is 0 Å². The highest BCUT2D eigenvalue weighted by atomic mass is 16.1. The van der Waals surface area contributed by atoms with Crippen LogP contribution in [0.5, 0.6) is 0 Å². The second-order valence-corrected chi connectivity index (χ2v) is 6.44. The molecule has 3 N–H and O–H groups in total. The third-order valence-electron chi connectivity index (χ3n) is 4.35. The molecular formula is C22H25N5O. The highest BCUT2D eigenvalue weighted by Gasteiger charge is 2.08. The Kier molecular flexibility index (Phi) is 6.22. The van der Waals surface area contributed by atoms with Crippen molar-refractivity contribution in [3.8, 4) is 0 Å². The molecule has 0 spiro atoms. The lowest BCUT2D eigenvalue weighted by Crippen LogP contribution is -2.06. The van der Waals surface area contributed by atoms with Crippen LogP contribution >= 0.6 is 0 Å². The standard InChI is InChI=1S/C22H25N5O/c1-4-16-8-6-9-17(5-2)21(16)26-20-12-13-23-22(27-20)25-19-11-7-10-18(14-19)24-15(3)28/h6-14H,4-5H2,1-3H3,(H,24,28)(H2,23,25,26,27). The number of para-hydroxylation sites is 1. The first kappa shape index (κ1) is 19.4. The van der Waals surface area contributed by atoms with E-state index in [1.54, 1.807) is 6.20 Å². The molecule has 0 saturated heterocycles. The van der Waals surface area contributed by atoms with Gasteiger partial charge in [0.2, 0.25) is 11.9 Å². The van der Waals surface area contributed by atoms with Crippen LogP contribution in [0.15, 0.2) is 54.7 Å². The molecule has 0 radical (unpaired) electrons. The maximum atomic E-state index is 11.2. The number of carbonyl (C=O) groups is 1. The van der Waals surface area contributed by atoms with Crippen molar-refractivity contribution in [1.82, 2.24) is 9.97 Å². The molecule has 0 saturated carbocycles. The lowest BCUT2D eigenvalue weighted by Gasteiger charge is -2.15. The summed E-state index contributed by atoms with van der Waals surface area (Å²) >= 11 is 0. The Morgan fingerprint density at radius 3 is 2.29 bits per heavy atom. The molecule has 3 rings (SSSR count). The monoisotopic (exact) mass is 375 g/mol. The molecule has 0 atom stereocenters. The van der Waals surface area contributed by atoms with Gasteiger partial charge in [0.1, 0.15) is 5.82 Å². The maximum Gasteiger partial charge on any atom is 0.229 e. The molecule has 3 aromatic rings. The largest absolute Gasteiger partial charge is 0.340 e. The van der Waals surface area contributed by atoms with Gasteiger partial charge in [-0.3, -0.25) is 4.79 Å². The van der Waals surface area contributed by atoms with Crippen LogP contribution in [0.1, 0.15) is 31.9 Å². The summed E-state index contributed by atoms with van der Waals surface area (Å²) in [6, 6.07) is 15.6. The molecule has 1 heterocycles. The van der Waals surface area contributed by atoms with Crippen LogP contribution in [-0.2, 0) is 17.6 Å². The SMILES string of the molecule is CCc1cccc(CC)c1Nc1ccnc(Nc2cccc(NC(C)=O)c2)n1. The second kappa shape index (κ2) is 8.99. The van der Waals surface area contributed by atoms with Crippen LogP contribution in [0.4, 0.5) is 28.8 Å². The van der Waals surface area contributed by atoms with Crippen LogP contribution < -0.4 is 16.0 Å². The van der Waals surface area contributed by atoms with Gasteiger partial charge >= 0.3 is 0 Å². The van der Waals surface area contributed by atoms with Gasteiger partial charge in [0.25, 0.3) is 0 Å². The first-order valence-corrected chi connectivity index (χ1v) is 9.44. The van der Waals surface area contributed by atoms with Gasteiger partial charge in [0.15, 0.2) is 0 Å². The summed E-state index contributed by atoms with van der Waals surface area (Å²) in [6.07, 6.45) is 3.61. The molecule has 0 aliphatic carbocycles. The molecule has 6 nitrogen and oxygen atoms in total. The fourth-order valence-corrected chi connectivity index (χ4v) is 3.03. The summed E-state index contributed by atoms with van der Waals surface area (Å²) < 4.78 is 0. The van der Waals surface area contributed by atoms with Crippen molar-refractivity contribution in [3.63, 3.8) is 0 Å². The Labute approximate surface area is 165 Å². The fraction of sp³-hybridized carbons (Fsp3) is 0.227. The summed E-state index contributed by atoms with van der Waals surface area (Å²) in [4.78, 5) is 20.1. The van der Waals surface area contributed by atoms with Gasteiger partial charge in [0, 0.05) is 30.2 Å². The zero-order chi connectivity index (χ0) is 19.9. The Morgan fingerprint density at radius 1 is 0.929 bits per heavy atom. The van der Waals surface area contributed by atoms with Gasteiger partial charge in [-0.25, -0.2) is 4.98 Å². The van der Waals surface area contributed by atoms with Crippen molar-refractivity contribution in [3.05, 3.63) is 65.9 Å². The normalized spacial score (nSPS) is 10.4. The summed E-state index contributed by atoms with van der Waals surface area (Å²) in [7, 11) is 0. The number of nitrogens with zero attached hydrogens (tertiary/aromatic N) is 2. The summed E-state index contributed by atoms with van der Waals surface area (Å²) in [5.41, 5.74) is 5.15. The summed E-state index contributed by atoms with van der Waals surface area (Å²) in [6.45, 7) is 5.78. The number of nitrogens with one attached hydrogen (secondary N) is 3. The minimum absolute atomic E-state index is 0.110. The number of hydrogen-bond donors (Lipinski definition) is 3. The first-order valence-electron chi connectivity index (χ1n) is 9.44. The van der Waals surface area contributed by atoms with Gasteiger partial charge < -0.3 is 16.0 Å². The van der Waals surface area contributed by atoms with Crippen LogP contribution in [-0.4, -0.2) is 15.9 Å². The molecule has 0 fully saturated rings. The molecule has 0 aliphatic heterocycles. The number of carbonyl (C=O) groups excluding carboxylic acids is 1. The van der Waals surface area contributed by atoms with Gasteiger partial charge in [-0.2, -0.15) is 4.98 Å². The molecule has 144 valence electrons. The zero-order valence-electron chi connectivity index (χ0n) is 16.4. The van der Waals surface area contributed by atoms with Crippen molar-refractivity contribution < 1.29 is 4.79 Å². The van der Waals surface area contributed by atoms with Crippen molar-refractivity contribution in [2.24, 2.45) is 0 Å². The first-order chi connectivity index (χ1) is 13.6. The average molecular weight is 375 g/mol. The highest BCUT2D eigenvalue weighted by molar-refractivity contribution is 5.89. The van der Waals surface area contributed by atoms with Gasteiger partial charge in [-0.15, -0.1) is 0 Å². The number of aryl methyl sites for hydroxylation is 2. The number of benzene rings is 2. The Bertz CT molecular complexity index is 948. The van der Waals surface area contributed by atoms with E-state index in [-0.39, 0.29) is 5.91 Å². The molecule has 1 amide bonds. The van der Waals surface area contributed by atoms with Crippen LogP contribution in [0.3, 0.4) is 0 Å². The van der Waals surface area contributed by atoms with E-state index in [1.165, 1.54) is 18.1 Å². The van der Waals surface area contributed by atoms with Gasteiger partial charge in [0.05, 0.1) is 0 Å². The van der Waals surface area contributed by atoms with Crippen molar-refractivity contribution >= 4 is 34.7 Å². The van der Waals surface area contributed by atoms with Crippen LogP contribution in [0.2, 0.25) is 0 Å². The van der Waals surface area contributed by atoms with Gasteiger partial charge in [-0.05, 0) is 48.2 Å². The van der Waals surface area contributed by atoms with E-state index >= 15 is 0 Å². The quantitative estimate of drug-likeness (QED) is 0.539. The zero-order valence-corrected chi connectivity index (χ0v) is 16.4. The van der Waals surface area contributed by atoms with E-state index in [9.17, 15) is 4.79 Å². The molecule has 0 bridgehead atoms. The van der Waals surface area contributed by atoms with E-state index in [0.717, 1.165) is 35.7 Å². The summed E-state index contributed by atoms with van der Waals surface area (Å²) in [5.74, 6) is 1.10. The maximum absolute atomic E-state index is 11.2. The van der Waals surface area contributed by atoms with E-state index < -0.39 is 0 Å². The van der Waals surface area contributed by atoms with Crippen LogP contribution in [0.25, 0.3) is 0 Å². The van der Waals surface area contributed by atoms with E-state index in [1.807, 2.05) is 30.3 Å². The lowest BCUT2D eigenvalue weighted by molar-refractivity contribution is -0.114. The predicted octanol–water partition coefficient (Wildman–Crippen LogP) is 5.05. The van der Waals surface area contributed by atoms with Crippen molar-refractivity contribution in [1.29, 1.82) is 0 Å². The third-order valence-corrected chi connectivity index (χ3v) is 4.35. The fourth-order valence-electron chi connectivity index (χ4n) is 3.03. The minimum Gasteiger partial charge on any atom is -0.340 e. The Morgan fingerprint density at radius 2 is 1.61 bits per heavy atom. The van der Waals surface area contributed by atoms with Crippen LogP contribution in [0, 0.1) is 0 Å². The Hall–Kier alpha value is -3.41. The minimum atomic E-state index is -0.110. The smallest absolute Gasteiger partial charge is 0.229 e. The average Bonchev–Trinajstić information content (AvgIpc) is 2.68.